The Morgan fingerprint density at radius 1 is 1.80 bits per heavy atom. The van der Waals surface area contributed by atoms with E-state index in [0.717, 1.165) is 0 Å². The molecule has 32 valence electrons. The summed E-state index contributed by atoms with van der Waals surface area (Å²) in [7, 11) is 0. The molecule has 0 aliphatic carbocycles. The van der Waals surface area contributed by atoms with E-state index in [1.807, 2.05) is 0 Å². The van der Waals surface area contributed by atoms with Gasteiger partial charge in [0.25, 0.3) is 0 Å². The van der Waals surface area contributed by atoms with Crippen LogP contribution >= 0.6 is 0 Å². The Morgan fingerprint density at radius 2 is 1.80 bits per heavy atom. The Morgan fingerprint density at radius 3 is 1.80 bits per heavy atom. The molecule has 1 atom stereocenters. The van der Waals surface area contributed by atoms with E-state index in [9.17, 15) is 0 Å². The topological polar surface area (TPSA) is 63.3 Å². The molecule has 5 heavy (non-hydrogen) atoms. The molecule has 0 aromatic rings. The van der Waals surface area contributed by atoms with E-state index < -0.39 is 6.09 Å². The van der Waals surface area contributed by atoms with E-state index in [4.69, 9.17) is 9.90 Å². The molecular weight excluding hydrogens is 133 g/mol. The van der Waals surface area contributed by atoms with Crippen LogP contribution in [0, 0.1) is 0 Å². The fourth-order valence-corrected chi connectivity index (χ4v) is 0. The molecule has 0 heterocycles. The first-order chi connectivity index (χ1) is 1.73. The molecule has 0 fully saturated rings. The summed E-state index contributed by atoms with van der Waals surface area (Å²) in [5, 5.41) is 7.19. The number of carboxylic acid groups (broad SMARTS) is 1. The molecule has 0 aliphatic heterocycles. The molecule has 1 unspecified atom stereocenters. The molecule has 3 N–H and O–H groups in total. The third kappa shape index (κ3) is 435. The quantitative estimate of drug-likeness (QED) is 0.398. The molecule has 0 radical (unpaired) electrons. The van der Waals surface area contributed by atoms with Crippen LogP contribution in [-0.4, -0.2) is 29.2 Å². The second-order valence-corrected chi connectivity index (χ2v) is 0.338. The second kappa shape index (κ2) is 3.83. The SMILES string of the molecule is NC(=O)O.[AsH3]. The number of nitrogens with two attached hydrogens (primary N) is 1. The van der Waals surface area contributed by atoms with Crippen LogP contribution in [0.3, 0.4) is 0 Å². The molecule has 0 bridgehead atoms. The van der Waals surface area contributed by atoms with E-state index in [0.29, 0.717) is 0 Å². The zero-order valence-corrected chi connectivity index (χ0v) is 5.61. The first kappa shape index (κ1) is 8.85. The van der Waals surface area contributed by atoms with Crippen LogP contribution in [0.5, 0.6) is 0 Å². The van der Waals surface area contributed by atoms with Gasteiger partial charge in [-0.25, -0.2) is 4.79 Å². The van der Waals surface area contributed by atoms with Crippen LogP contribution in [0.2, 0.25) is 0 Å². The molecule has 4 heteroatoms. The van der Waals surface area contributed by atoms with Crippen molar-refractivity contribution >= 4 is 24.0 Å². The number of amides is 1. The van der Waals surface area contributed by atoms with E-state index >= 15 is 0 Å². The van der Waals surface area contributed by atoms with Gasteiger partial charge in [0.15, 0.2) is 0 Å². The number of hydrogen-bond acceptors (Lipinski definition) is 1. The van der Waals surface area contributed by atoms with Gasteiger partial charge in [0, 0.05) is 0 Å². The first-order valence-corrected chi connectivity index (χ1v) is 0.716. The first-order valence-electron chi connectivity index (χ1n) is 0.716. The normalized spacial score (nSPS) is 4.80. The standard InChI is InChI=1S/CH3NO2.AsH3/c2-1(3)4;/h2H2,(H,3,4);1H3. The van der Waals surface area contributed by atoms with Crippen molar-refractivity contribution < 1.29 is 9.90 Å². The van der Waals surface area contributed by atoms with Gasteiger partial charge in [-0.2, -0.15) is 0 Å². The summed E-state index contributed by atoms with van der Waals surface area (Å²) in [5.74, 6) is 0. The molecule has 1 amide bonds. The van der Waals surface area contributed by atoms with Crippen molar-refractivity contribution in [2.24, 2.45) is 5.73 Å². The Bertz CT molecular complexity index is 32.6. The number of rotatable bonds is 0. The van der Waals surface area contributed by atoms with Gasteiger partial charge >= 0.3 is 24.0 Å². The maximum atomic E-state index is 8.78. The van der Waals surface area contributed by atoms with E-state index in [2.05, 4.69) is 5.73 Å². The summed E-state index contributed by atoms with van der Waals surface area (Å²) in [6.45, 7) is 0. The van der Waals surface area contributed by atoms with Crippen molar-refractivity contribution in [2.45, 2.75) is 0 Å². The molecule has 0 rings (SSSR count). The van der Waals surface area contributed by atoms with Crippen molar-refractivity contribution in [3.63, 3.8) is 0 Å². The number of hydrogen-bond donors (Lipinski definition) is 2. The zero-order valence-electron chi connectivity index (χ0n) is 2.64. The minimum absolute atomic E-state index is 0. The second-order valence-electron chi connectivity index (χ2n) is 0.338. The van der Waals surface area contributed by atoms with Gasteiger partial charge in [0.1, 0.15) is 0 Å². The molecule has 0 aromatic carbocycles. The Labute approximate surface area is 40.5 Å². The van der Waals surface area contributed by atoms with Gasteiger partial charge in [0.05, 0.1) is 0 Å². The fraction of sp³-hybridized carbons (Fsp3) is 0. The van der Waals surface area contributed by atoms with Crippen molar-refractivity contribution in [3.05, 3.63) is 0 Å². The molecule has 0 aliphatic rings. The molecule has 0 aromatic heterocycles. The summed E-state index contributed by atoms with van der Waals surface area (Å²) in [6, 6.07) is 0. The average Bonchev–Trinajstić information content (AvgIpc) is 0.811. The van der Waals surface area contributed by atoms with Gasteiger partial charge in [-0.05, 0) is 0 Å². The van der Waals surface area contributed by atoms with E-state index in [1.54, 1.807) is 0 Å². The van der Waals surface area contributed by atoms with Crippen molar-refractivity contribution in [1.29, 1.82) is 0 Å². The van der Waals surface area contributed by atoms with E-state index in [1.165, 1.54) is 0 Å². The third-order valence-corrected chi connectivity index (χ3v) is 0. The van der Waals surface area contributed by atoms with E-state index in [-0.39, 0.29) is 18.0 Å². The van der Waals surface area contributed by atoms with Crippen LogP contribution in [0.4, 0.5) is 4.79 Å². The number of primary amides is 1. The van der Waals surface area contributed by atoms with Gasteiger partial charge in [0.2, 0.25) is 0 Å². The van der Waals surface area contributed by atoms with Crippen LogP contribution in [-0.2, 0) is 0 Å². The summed E-state index contributed by atoms with van der Waals surface area (Å²) in [5.41, 5.74) is 4.03. The average molecular weight is 139 g/mol. The van der Waals surface area contributed by atoms with Crippen molar-refractivity contribution in [3.8, 4) is 0 Å². The molecule has 3 nitrogen and oxygen atoms in total. The van der Waals surface area contributed by atoms with Gasteiger partial charge < -0.3 is 10.8 Å². The maximum absolute atomic E-state index is 8.78. The third-order valence-electron chi connectivity index (χ3n) is 0. The summed E-state index contributed by atoms with van der Waals surface area (Å²) >= 11 is 0. The van der Waals surface area contributed by atoms with Crippen LogP contribution in [0.15, 0.2) is 0 Å². The van der Waals surface area contributed by atoms with Crippen LogP contribution in [0.25, 0.3) is 0 Å². The predicted molar refractivity (Wildman–Crippen MR) is 22.2 cm³/mol. The van der Waals surface area contributed by atoms with Crippen LogP contribution < -0.4 is 5.73 Å². The Hall–Kier alpha value is -0.172. The monoisotopic (exact) mass is 139 g/mol. The predicted octanol–water partition coefficient (Wildman–Crippen LogP) is -1.56. The van der Waals surface area contributed by atoms with Gasteiger partial charge in [-0.15, -0.1) is 0 Å². The molecule has 0 spiro atoms. The summed E-state index contributed by atoms with van der Waals surface area (Å²) in [6.07, 6.45) is -1.33. The fourth-order valence-electron chi connectivity index (χ4n) is 0. The Kier molecular flexibility index (Phi) is 6.77. The van der Waals surface area contributed by atoms with Crippen LogP contribution in [0.1, 0.15) is 0 Å². The minimum atomic E-state index is -1.33. The van der Waals surface area contributed by atoms with Gasteiger partial charge in [-0.1, -0.05) is 0 Å². The Balaban J connectivity index is 0. The molecule has 0 saturated heterocycles. The summed E-state index contributed by atoms with van der Waals surface area (Å²) in [4.78, 5) is 8.78. The molecular formula is CH6AsNO2. The molecule has 0 saturated carbocycles. The van der Waals surface area contributed by atoms with Gasteiger partial charge in [-0.3, -0.25) is 0 Å². The zero-order chi connectivity index (χ0) is 3.58. The number of carbonyl (C=O) groups is 1. The van der Waals surface area contributed by atoms with Crippen molar-refractivity contribution in [2.75, 3.05) is 0 Å². The van der Waals surface area contributed by atoms with Crippen molar-refractivity contribution in [1.82, 2.24) is 0 Å². The summed E-state index contributed by atoms with van der Waals surface area (Å²) < 4.78 is 0.